The lowest BCUT2D eigenvalue weighted by Gasteiger charge is -2.20. The Labute approximate surface area is 209 Å². The minimum absolute atomic E-state index is 0.0163. The predicted octanol–water partition coefficient (Wildman–Crippen LogP) is 3.68. The molecule has 0 aromatic heterocycles. The van der Waals surface area contributed by atoms with Crippen molar-refractivity contribution in [3.05, 3.63) is 83.9 Å². The van der Waals surface area contributed by atoms with Crippen molar-refractivity contribution < 1.29 is 32.2 Å². The molecule has 0 bridgehead atoms. The Morgan fingerprint density at radius 1 is 0.889 bits per heavy atom. The summed E-state index contributed by atoms with van der Waals surface area (Å²) >= 11 is 0. The molecule has 3 aromatic carbocycles. The number of carbonyl (C=O) groups is 2. The molecule has 2 unspecified atom stereocenters. The molecule has 0 saturated carbocycles. The minimum Gasteiger partial charge on any atom is -0.486 e. The van der Waals surface area contributed by atoms with Crippen LogP contribution in [0, 0.1) is 0 Å². The van der Waals surface area contributed by atoms with Crippen LogP contribution in [0.3, 0.4) is 0 Å². The van der Waals surface area contributed by atoms with E-state index in [1.807, 2.05) is 37.3 Å². The summed E-state index contributed by atoms with van der Waals surface area (Å²) in [5.41, 5.74) is 0.889. The van der Waals surface area contributed by atoms with Crippen LogP contribution in [0.15, 0.2) is 77.7 Å². The van der Waals surface area contributed by atoms with Gasteiger partial charge in [0.2, 0.25) is 0 Å². The molecular weight excluding hydrogens is 484 g/mol. The second-order valence-electron chi connectivity index (χ2n) is 8.15. The fourth-order valence-electron chi connectivity index (χ4n) is 3.58. The summed E-state index contributed by atoms with van der Waals surface area (Å²) in [5, 5.41) is 2.80. The zero-order chi connectivity index (χ0) is 25.7. The monoisotopic (exact) mass is 510 g/mol. The molecule has 0 saturated heterocycles. The van der Waals surface area contributed by atoms with E-state index < -0.39 is 28.0 Å². The third-order valence-corrected chi connectivity index (χ3v) is 6.89. The third kappa shape index (κ3) is 5.77. The maximum atomic E-state index is 13.0. The lowest BCUT2D eigenvalue weighted by molar-refractivity contribution is -0.129. The summed E-state index contributed by atoms with van der Waals surface area (Å²) in [6.07, 6.45) is -1.11. The predicted molar refractivity (Wildman–Crippen MR) is 133 cm³/mol. The van der Waals surface area contributed by atoms with Gasteiger partial charge in [-0.2, -0.15) is 0 Å². The molecule has 36 heavy (non-hydrogen) atoms. The van der Waals surface area contributed by atoms with Gasteiger partial charge in [-0.05, 0) is 43.7 Å². The molecule has 1 aliphatic heterocycles. The van der Waals surface area contributed by atoms with Crippen molar-refractivity contribution >= 4 is 27.6 Å². The van der Waals surface area contributed by atoms with E-state index in [-0.39, 0.29) is 22.2 Å². The first-order valence-corrected chi connectivity index (χ1v) is 12.8. The van der Waals surface area contributed by atoms with Crippen molar-refractivity contribution in [1.29, 1.82) is 0 Å². The molecule has 1 aliphatic rings. The van der Waals surface area contributed by atoms with Crippen LogP contribution in [0.2, 0.25) is 0 Å². The number of carbonyl (C=O) groups excluding carboxylic acids is 2. The smallest absolute Gasteiger partial charge is 0.341 e. The average molecular weight is 511 g/mol. The van der Waals surface area contributed by atoms with Gasteiger partial charge in [0.05, 0.1) is 22.2 Å². The van der Waals surface area contributed by atoms with Gasteiger partial charge in [-0.15, -0.1) is 0 Å². The Morgan fingerprint density at radius 3 is 2.31 bits per heavy atom. The second-order valence-corrected chi connectivity index (χ2v) is 9.83. The summed E-state index contributed by atoms with van der Waals surface area (Å²) in [4.78, 5) is 25.4. The van der Waals surface area contributed by atoms with E-state index in [4.69, 9.17) is 14.2 Å². The molecule has 0 radical (unpaired) electrons. The van der Waals surface area contributed by atoms with Gasteiger partial charge in [0, 0.05) is 6.07 Å². The number of nitrogens with one attached hydrogen (secondary N) is 2. The fraction of sp³-hybridized carbons (Fsp3) is 0.231. The number of benzene rings is 3. The molecule has 188 valence electrons. The summed E-state index contributed by atoms with van der Waals surface area (Å²) in [5.74, 6) is -0.543. The number of anilines is 1. The summed E-state index contributed by atoms with van der Waals surface area (Å²) in [7, 11) is -4.07. The van der Waals surface area contributed by atoms with Crippen molar-refractivity contribution in [2.45, 2.75) is 30.9 Å². The fourth-order valence-corrected chi connectivity index (χ4v) is 4.67. The minimum atomic E-state index is -4.07. The first-order valence-electron chi connectivity index (χ1n) is 11.3. The summed E-state index contributed by atoms with van der Waals surface area (Å²) in [6, 6.07) is 19.3. The maximum absolute atomic E-state index is 13.0. The van der Waals surface area contributed by atoms with E-state index in [9.17, 15) is 18.0 Å². The first kappa shape index (κ1) is 25.1. The van der Waals surface area contributed by atoms with E-state index in [0.29, 0.717) is 24.7 Å². The highest BCUT2D eigenvalue weighted by Crippen LogP contribution is 2.33. The zero-order valence-electron chi connectivity index (χ0n) is 19.8. The number of hydrogen-bond acceptors (Lipinski definition) is 7. The highest BCUT2D eigenvalue weighted by Gasteiger charge is 2.25. The number of ether oxygens (including phenoxy) is 3. The second kappa shape index (κ2) is 10.7. The molecule has 0 spiro atoms. The van der Waals surface area contributed by atoms with Crippen LogP contribution in [0.5, 0.6) is 11.5 Å². The largest absolute Gasteiger partial charge is 0.486 e. The van der Waals surface area contributed by atoms with Gasteiger partial charge in [0.25, 0.3) is 15.9 Å². The Bertz CT molecular complexity index is 1360. The molecular formula is C26H26N2O7S. The number of amides is 1. The van der Waals surface area contributed by atoms with E-state index in [1.54, 1.807) is 12.1 Å². The van der Waals surface area contributed by atoms with E-state index in [2.05, 4.69) is 10.0 Å². The molecule has 4 rings (SSSR count). The van der Waals surface area contributed by atoms with Crippen molar-refractivity contribution in [2.24, 2.45) is 0 Å². The van der Waals surface area contributed by atoms with Gasteiger partial charge in [-0.1, -0.05) is 42.5 Å². The lowest BCUT2D eigenvalue weighted by atomic mass is 10.1. The van der Waals surface area contributed by atoms with Gasteiger partial charge in [0.1, 0.15) is 13.2 Å². The van der Waals surface area contributed by atoms with Gasteiger partial charge >= 0.3 is 5.97 Å². The van der Waals surface area contributed by atoms with Gasteiger partial charge in [0.15, 0.2) is 17.6 Å². The molecule has 3 aromatic rings. The van der Waals surface area contributed by atoms with Crippen LogP contribution in [0.1, 0.15) is 35.8 Å². The zero-order valence-corrected chi connectivity index (χ0v) is 20.6. The normalized spacial score (nSPS) is 14.3. The number of rotatable bonds is 8. The Balaban J connectivity index is 1.45. The standard InChI is InChI=1S/C26H26N2O7S/c1-17(19-8-4-3-5-9-19)27-25(29)18(2)35-26(30)21-10-6-7-11-22(21)28-36(31,32)20-12-13-23-24(16-20)34-15-14-33-23/h3-13,16-18,28H,14-15H2,1-2H3,(H,27,29). The first-order chi connectivity index (χ1) is 17.2. The van der Waals surface area contributed by atoms with Crippen LogP contribution in [0.4, 0.5) is 5.69 Å². The van der Waals surface area contributed by atoms with Crippen molar-refractivity contribution in [3.63, 3.8) is 0 Å². The van der Waals surface area contributed by atoms with E-state index >= 15 is 0 Å². The van der Waals surface area contributed by atoms with Crippen molar-refractivity contribution in [2.75, 3.05) is 17.9 Å². The molecule has 1 amide bonds. The summed E-state index contributed by atoms with van der Waals surface area (Å²) < 4.78 is 44.7. The van der Waals surface area contributed by atoms with Crippen LogP contribution >= 0.6 is 0 Å². The molecule has 0 fully saturated rings. The van der Waals surface area contributed by atoms with Gasteiger partial charge in [-0.3, -0.25) is 9.52 Å². The Kier molecular flexibility index (Phi) is 7.44. The van der Waals surface area contributed by atoms with E-state index in [1.165, 1.54) is 37.3 Å². The molecule has 10 heteroatoms. The van der Waals surface area contributed by atoms with Crippen LogP contribution in [-0.4, -0.2) is 39.6 Å². The van der Waals surface area contributed by atoms with Crippen LogP contribution in [-0.2, 0) is 19.6 Å². The summed E-state index contributed by atoms with van der Waals surface area (Å²) in [6.45, 7) is 3.97. The molecule has 1 heterocycles. The lowest BCUT2D eigenvalue weighted by Crippen LogP contribution is -2.37. The quantitative estimate of drug-likeness (QED) is 0.444. The third-order valence-electron chi connectivity index (χ3n) is 5.53. The SMILES string of the molecule is CC(OC(=O)c1ccccc1NS(=O)(=O)c1ccc2c(c1)OCCO2)C(=O)NC(C)c1ccccc1. The maximum Gasteiger partial charge on any atom is 0.341 e. The molecule has 2 N–H and O–H groups in total. The number of hydrogen-bond donors (Lipinski definition) is 2. The van der Waals surface area contributed by atoms with Crippen molar-refractivity contribution in [1.82, 2.24) is 5.32 Å². The molecule has 0 aliphatic carbocycles. The number of sulfonamides is 1. The molecule has 2 atom stereocenters. The van der Waals surface area contributed by atoms with Gasteiger partial charge in [-0.25, -0.2) is 13.2 Å². The van der Waals surface area contributed by atoms with Crippen molar-refractivity contribution in [3.8, 4) is 11.5 Å². The Morgan fingerprint density at radius 2 is 1.56 bits per heavy atom. The highest BCUT2D eigenvalue weighted by atomic mass is 32.2. The highest BCUT2D eigenvalue weighted by molar-refractivity contribution is 7.92. The van der Waals surface area contributed by atoms with Gasteiger partial charge < -0.3 is 19.5 Å². The number of esters is 1. The van der Waals surface area contributed by atoms with E-state index in [0.717, 1.165) is 5.56 Å². The number of fused-ring (bicyclic) bond motifs is 1. The average Bonchev–Trinajstić information content (AvgIpc) is 2.88. The molecule has 9 nitrogen and oxygen atoms in total. The van der Waals surface area contributed by atoms with Crippen LogP contribution < -0.4 is 19.5 Å². The van der Waals surface area contributed by atoms with Crippen LogP contribution in [0.25, 0.3) is 0 Å². The Hall–Kier alpha value is -4.05. The number of para-hydroxylation sites is 1. The topological polar surface area (TPSA) is 120 Å².